The number of aromatic nitrogens is 1. The summed E-state index contributed by atoms with van der Waals surface area (Å²) in [7, 11) is 0. The first kappa shape index (κ1) is 22.4. The third-order valence-corrected chi connectivity index (χ3v) is 7.31. The largest absolute Gasteiger partial charge is 0.335 e. The average molecular weight is 454 g/mol. The average Bonchev–Trinajstić information content (AvgIpc) is 2.87. The molecule has 174 valence electrons. The van der Waals surface area contributed by atoms with Gasteiger partial charge in [0.15, 0.2) is 0 Å². The molecule has 34 heavy (non-hydrogen) atoms. The standard InChI is InChI=1S/C28H31N5O/c29-17-21-5-8-24-19-33(14-12-22(24)15-21)13-11-20-6-9-25(10-7-20)31-28(34)32-26-16-23-3-1-2-4-27(23)30-18-26/h1-5,8,15-16,18,20,25H,6-7,9-14,19H2,(H2,31,32,34). The van der Waals surface area contributed by atoms with Crippen LogP contribution in [-0.2, 0) is 13.0 Å². The van der Waals surface area contributed by atoms with E-state index in [1.54, 1.807) is 6.20 Å². The van der Waals surface area contributed by atoms with Gasteiger partial charge in [-0.2, -0.15) is 5.26 Å². The second-order valence-electron chi connectivity index (χ2n) is 9.64. The SMILES string of the molecule is N#Cc1ccc2c(c1)CCN(CCC1CCC(NC(=O)Nc3cnc4ccccc4c3)CC1)C2. The molecule has 5 rings (SSSR count). The number of nitrogens with one attached hydrogen (secondary N) is 2. The zero-order chi connectivity index (χ0) is 23.3. The number of anilines is 1. The molecule has 0 unspecified atom stereocenters. The normalized spacial score (nSPS) is 20.3. The molecule has 0 atom stereocenters. The molecule has 1 fully saturated rings. The van der Waals surface area contributed by atoms with Gasteiger partial charge in [0.25, 0.3) is 0 Å². The molecule has 2 aliphatic rings. The van der Waals surface area contributed by atoms with E-state index in [0.29, 0.717) is 0 Å². The Bertz CT molecular complexity index is 1210. The van der Waals surface area contributed by atoms with Gasteiger partial charge in [0.1, 0.15) is 0 Å². The smallest absolute Gasteiger partial charge is 0.319 e. The molecule has 1 aliphatic carbocycles. The summed E-state index contributed by atoms with van der Waals surface area (Å²) in [6.45, 7) is 3.18. The van der Waals surface area contributed by atoms with E-state index in [-0.39, 0.29) is 12.1 Å². The van der Waals surface area contributed by atoms with Gasteiger partial charge in [-0.1, -0.05) is 24.3 Å². The van der Waals surface area contributed by atoms with E-state index in [9.17, 15) is 4.79 Å². The Labute approximate surface area is 201 Å². The van der Waals surface area contributed by atoms with E-state index in [1.165, 1.54) is 30.4 Å². The van der Waals surface area contributed by atoms with Gasteiger partial charge in [-0.05, 0) is 86.4 Å². The number of nitrogens with zero attached hydrogens (tertiary/aromatic N) is 3. The molecular formula is C28H31N5O. The molecule has 1 aromatic heterocycles. The van der Waals surface area contributed by atoms with Gasteiger partial charge in [-0.15, -0.1) is 0 Å². The fraction of sp³-hybridized carbons (Fsp3) is 0.393. The summed E-state index contributed by atoms with van der Waals surface area (Å²) < 4.78 is 0. The van der Waals surface area contributed by atoms with Crippen molar-refractivity contribution in [3.8, 4) is 6.07 Å². The van der Waals surface area contributed by atoms with Crippen molar-refractivity contribution in [3.63, 3.8) is 0 Å². The van der Waals surface area contributed by atoms with Crippen LogP contribution in [0.5, 0.6) is 0 Å². The molecule has 0 bridgehead atoms. The highest BCUT2D eigenvalue weighted by atomic mass is 16.2. The number of carbonyl (C=O) groups is 1. The van der Waals surface area contributed by atoms with E-state index < -0.39 is 0 Å². The fourth-order valence-electron chi connectivity index (χ4n) is 5.32. The summed E-state index contributed by atoms with van der Waals surface area (Å²) in [5.41, 5.74) is 5.11. The van der Waals surface area contributed by atoms with Crippen LogP contribution in [0.3, 0.4) is 0 Å². The van der Waals surface area contributed by atoms with Crippen molar-refractivity contribution in [1.82, 2.24) is 15.2 Å². The monoisotopic (exact) mass is 453 g/mol. The minimum atomic E-state index is -0.146. The molecule has 2 heterocycles. The quantitative estimate of drug-likeness (QED) is 0.554. The number of nitriles is 1. The van der Waals surface area contributed by atoms with E-state index in [2.05, 4.69) is 32.7 Å². The number of pyridine rings is 1. The minimum Gasteiger partial charge on any atom is -0.335 e. The fourth-order valence-corrected chi connectivity index (χ4v) is 5.32. The van der Waals surface area contributed by atoms with Gasteiger partial charge < -0.3 is 10.6 Å². The van der Waals surface area contributed by atoms with Crippen LogP contribution < -0.4 is 10.6 Å². The lowest BCUT2D eigenvalue weighted by Crippen LogP contribution is -2.40. The van der Waals surface area contributed by atoms with Crippen molar-refractivity contribution in [1.29, 1.82) is 5.26 Å². The Morgan fingerprint density at radius 3 is 2.79 bits per heavy atom. The predicted molar refractivity (Wildman–Crippen MR) is 134 cm³/mol. The number of hydrogen-bond acceptors (Lipinski definition) is 4. The molecule has 2 N–H and O–H groups in total. The number of hydrogen-bond donors (Lipinski definition) is 2. The number of fused-ring (bicyclic) bond motifs is 2. The number of benzene rings is 2. The van der Waals surface area contributed by atoms with Crippen LogP contribution in [0.25, 0.3) is 10.9 Å². The van der Waals surface area contributed by atoms with Crippen LogP contribution in [0.1, 0.15) is 48.8 Å². The van der Waals surface area contributed by atoms with Crippen LogP contribution in [0.4, 0.5) is 10.5 Å². The van der Waals surface area contributed by atoms with Crippen molar-refractivity contribution in [3.05, 3.63) is 71.4 Å². The number of urea groups is 1. The number of rotatable bonds is 5. The van der Waals surface area contributed by atoms with Gasteiger partial charge in [-0.3, -0.25) is 9.88 Å². The Morgan fingerprint density at radius 1 is 1.09 bits per heavy atom. The lowest BCUT2D eigenvalue weighted by Gasteiger charge is -2.33. The molecule has 0 saturated heterocycles. The first-order valence-electron chi connectivity index (χ1n) is 12.3. The lowest BCUT2D eigenvalue weighted by molar-refractivity contribution is 0.205. The maximum absolute atomic E-state index is 12.5. The Balaban J connectivity index is 1.04. The highest BCUT2D eigenvalue weighted by Crippen LogP contribution is 2.28. The molecule has 2 aromatic carbocycles. The predicted octanol–water partition coefficient (Wildman–Crippen LogP) is 5.24. The second kappa shape index (κ2) is 10.2. The van der Waals surface area contributed by atoms with Gasteiger partial charge in [-0.25, -0.2) is 4.79 Å². The highest BCUT2D eigenvalue weighted by Gasteiger charge is 2.24. The second-order valence-corrected chi connectivity index (χ2v) is 9.64. The Kier molecular flexibility index (Phi) is 6.73. The Hall–Kier alpha value is -3.43. The van der Waals surface area contributed by atoms with Gasteiger partial charge in [0, 0.05) is 24.5 Å². The molecule has 0 radical (unpaired) electrons. The number of carbonyl (C=O) groups excluding carboxylic acids is 1. The summed E-state index contributed by atoms with van der Waals surface area (Å²) in [5.74, 6) is 0.730. The molecule has 0 spiro atoms. The van der Waals surface area contributed by atoms with Gasteiger partial charge in [0.2, 0.25) is 0 Å². The molecule has 6 heteroatoms. The lowest BCUT2D eigenvalue weighted by atomic mass is 9.84. The zero-order valence-corrected chi connectivity index (χ0v) is 19.5. The maximum atomic E-state index is 12.5. The van der Waals surface area contributed by atoms with E-state index in [0.717, 1.165) is 67.0 Å². The Morgan fingerprint density at radius 2 is 1.94 bits per heavy atom. The molecule has 3 aromatic rings. The van der Waals surface area contributed by atoms with Crippen molar-refractivity contribution in [2.24, 2.45) is 5.92 Å². The number of para-hydroxylation sites is 1. The molecule has 1 aliphatic heterocycles. The third kappa shape index (κ3) is 5.37. The molecule has 2 amide bonds. The van der Waals surface area contributed by atoms with Crippen LogP contribution in [-0.4, -0.2) is 35.0 Å². The molecular weight excluding hydrogens is 422 g/mol. The van der Waals surface area contributed by atoms with Crippen LogP contribution in [0.15, 0.2) is 54.7 Å². The summed E-state index contributed by atoms with van der Waals surface area (Å²) in [6.07, 6.45) is 8.36. The van der Waals surface area contributed by atoms with Crippen LogP contribution in [0, 0.1) is 17.2 Å². The zero-order valence-electron chi connectivity index (χ0n) is 19.5. The first-order chi connectivity index (χ1) is 16.7. The number of amides is 2. The third-order valence-electron chi connectivity index (χ3n) is 7.31. The van der Waals surface area contributed by atoms with E-state index in [4.69, 9.17) is 5.26 Å². The van der Waals surface area contributed by atoms with E-state index >= 15 is 0 Å². The van der Waals surface area contributed by atoms with Crippen molar-refractivity contribution < 1.29 is 4.79 Å². The van der Waals surface area contributed by atoms with Crippen molar-refractivity contribution in [2.45, 2.75) is 51.1 Å². The van der Waals surface area contributed by atoms with Crippen LogP contribution in [0.2, 0.25) is 0 Å². The topological polar surface area (TPSA) is 81.0 Å². The first-order valence-corrected chi connectivity index (χ1v) is 12.3. The summed E-state index contributed by atoms with van der Waals surface area (Å²) in [5, 5.41) is 16.2. The summed E-state index contributed by atoms with van der Waals surface area (Å²) >= 11 is 0. The molecule has 1 saturated carbocycles. The summed E-state index contributed by atoms with van der Waals surface area (Å²) in [4.78, 5) is 19.5. The van der Waals surface area contributed by atoms with Gasteiger partial charge >= 0.3 is 6.03 Å². The summed E-state index contributed by atoms with van der Waals surface area (Å²) in [6, 6.07) is 18.3. The highest BCUT2D eigenvalue weighted by molar-refractivity contribution is 5.92. The van der Waals surface area contributed by atoms with Gasteiger partial charge in [0.05, 0.1) is 29.0 Å². The van der Waals surface area contributed by atoms with Crippen molar-refractivity contribution >= 4 is 22.6 Å². The molecule has 6 nitrogen and oxygen atoms in total. The van der Waals surface area contributed by atoms with Crippen molar-refractivity contribution in [2.75, 3.05) is 18.4 Å². The maximum Gasteiger partial charge on any atom is 0.319 e. The minimum absolute atomic E-state index is 0.146. The van der Waals surface area contributed by atoms with Crippen LogP contribution >= 0.6 is 0 Å². The van der Waals surface area contributed by atoms with E-state index in [1.807, 2.05) is 42.5 Å².